The molecule has 2 rings (SSSR count). The molecule has 1 aliphatic rings. The van der Waals surface area contributed by atoms with Gasteiger partial charge in [-0.05, 0) is 44.6 Å². The van der Waals surface area contributed by atoms with Crippen molar-refractivity contribution in [2.75, 3.05) is 25.5 Å². The number of rotatable bonds is 10. The maximum absolute atomic E-state index is 13.1. The Kier molecular flexibility index (Phi) is 7.85. The molecular weight excluding hydrogens is 353 g/mol. The van der Waals surface area contributed by atoms with Gasteiger partial charge in [-0.1, -0.05) is 30.3 Å². The van der Waals surface area contributed by atoms with Crippen molar-refractivity contribution in [3.63, 3.8) is 0 Å². The van der Waals surface area contributed by atoms with Crippen LogP contribution >= 0.6 is 7.37 Å². The highest BCUT2D eigenvalue weighted by Crippen LogP contribution is 2.48. The smallest absolute Gasteiger partial charge is 0.326 e. The van der Waals surface area contributed by atoms with E-state index >= 15 is 0 Å². The predicted molar refractivity (Wildman–Crippen MR) is 101 cm³/mol. The highest BCUT2D eigenvalue weighted by molar-refractivity contribution is 7.59. The van der Waals surface area contributed by atoms with E-state index in [1.807, 2.05) is 18.2 Å². The number of nitrogens with zero attached hydrogens (tertiary/aromatic N) is 1. The Morgan fingerprint density at radius 3 is 2.65 bits per heavy atom. The summed E-state index contributed by atoms with van der Waals surface area (Å²) in [5.74, 6) is -1.36. The zero-order valence-electron chi connectivity index (χ0n) is 15.3. The van der Waals surface area contributed by atoms with Crippen LogP contribution in [0.25, 0.3) is 0 Å². The predicted octanol–water partition coefficient (Wildman–Crippen LogP) is 3.40. The number of unbranched alkanes of at least 4 members (excludes halogenated alkanes) is 1. The molecule has 0 radical (unpaired) electrons. The molecule has 0 spiro atoms. The molecule has 0 aliphatic carbocycles. The molecule has 144 valence electrons. The number of carbonyl (C=O) groups excluding carboxylic acids is 1. The molecule has 0 saturated carbocycles. The maximum atomic E-state index is 13.1. The van der Waals surface area contributed by atoms with Crippen molar-refractivity contribution in [2.45, 2.75) is 45.1 Å². The van der Waals surface area contributed by atoms with Crippen LogP contribution in [0.4, 0.5) is 0 Å². The monoisotopic (exact) mass is 381 g/mol. The summed E-state index contributed by atoms with van der Waals surface area (Å²) in [6, 6.07) is 9.29. The fourth-order valence-electron chi connectivity index (χ4n) is 3.37. The van der Waals surface area contributed by atoms with E-state index in [0.717, 1.165) is 12.8 Å². The van der Waals surface area contributed by atoms with Gasteiger partial charge in [-0.25, -0.2) is 4.79 Å². The summed E-state index contributed by atoms with van der Waals surface area (Å²) in [6.07, 6.45) is 3.75. The Labute approximate surface area is 155 Å². The number of hydrogen-bond donors (Lipinski definition) is 1. The first kappa shape index (κ1) is 20.7. The molecule has 1 heterocycles. The lowest BCUT2D eigenvalue weighted by molar-refractivity contribution is -0.147. The molecule has 1 aromatic rings. The molecule has 7 heteroatoms. The van der Waals surface area contributed by atoms with Gasteiger partial charge < -0.3 is 14.5 Å². The number of carboxylic acid groups (broad SMARTS) is 1. The first-order valence-electron chi connectivity index (χ1n) is 9.24. The van der Waals surface area contributed by atoms with Crippen molar-refractivity contribution in [3.8, 4) is 0 Å². The summed E-state index contributed by atoms with van der Waals surface area (Å²) >= 11 is 0. The van der Waals surface area contributed by atoms with Gasteiger partial charge in [0, 0.05) is 12.7 Å². The van der Waals surface area contributed by atoms with Crippen molar-refractivity contribution in [1.29, 1.82) is 0 Å². The van der Waals surface area contributed by atoms with E-state index < -0.39 is 19.4 Å². The normalized spacial score (nSPS) is 19.3. The van der Waals surface area contributed by atoms with E-state index in [1.54, 1.807) is 6.92 Å². The molecule has 2 atom stereocenters. The molecule has 1 aliphatic heterocycles. The number of aryl methyl sites for hydroxylation is 1. The lowest BCUT2D eigenvalue weighted by Gasteiger charge is -2.24. The number of amides is 1. The molecule has 1 saturated heterocycles. The van der Waals surface area contributed by atoms with E-state index in [4.69, 9.17) is 4.52 Å². The maximum Gasteiger partial charge on any atom is 0.326 e. The Morgan fingerprint density at radius 2 is 2.00 bits per heavy atom. The molecule has 6 nitrogen and oxygen atoms in total. The molecule has 26 heavy (non-hydrogen) atoms. The molecule has 0 bridgehead atoms. The van der Waals surface area contributed by atoms with Crippen molar-refractivity contribution in [2.24, 2.45) is 0 Å². The van der Waals surface area contributed by atoms with E-state index in [9.17, 15) is 19.3 Å². The van der Waals surface area contributed by atoms with Gasteiger partial charge in [0.25, 0.3) is 0 Å². The molecule has 1 amide bonds. The minimum absolute atomic E-state index is 0.198. The molecule has 0 aromatic heterocycles. The standard InChI is InChI=1S/C19H28NO5P/c1-2-25-26(24,14-7-6-11-16-9-4-3-5-10-16)15-18(21)20-13-8-12-17(20)19(22)23/h3-5,9-10,17H,2,6-8,11-15H2,1H3,(H,22,23)/t17-,26?/m0/s1. The Balaban J connectivity index is 1.88. The van der Waals surface area contributed by atoms with Crippen molar-refractivity contribution < 1.29 is 23.8 Å². The fourth-order valence-corrected chi connectivity index (χ4v) is 5.52. The summed E-state index contributed by atoms with van der Waals surface area (Å²) in [5, 5.41) is 9.22. The van der Waals surface area contributed by atoms with Crippen LogP contribution in [0.2, 0.25) is 0 Å². The van der Waals surface area contributed by atoms with Crippen molar-refractivity contribution in [1.82, 2.24) is 4.90 Å². The Bertz CT molecular complexity index is 649. The number of aliphatic carboxylic acids is 1. The molecular formula is C19H28NO5P. The lowest BCUT2D eigenvalue weighted by atomic mass is 10.1. The summed E-state index contributed by atoms with van der Waals surface area (Å²) in [4.78, 5) is 25.1. The Hall–Kier alpha value is -1.65. The quantitative estimate of drug-likeness (QED) is 0.496. The summed E-state index contributed by atoms with van der Waals surface area (Å²) in [5.41, 5.74) is 1.23. The average Bonchev–Trinajstić information content (AvgIpc) is 3.10. The highest BCUT2D eigenvalue weighted by Gasteiger charge is 2.37. The van der Waals surface area contributed by atoms with E-state index in [1.165, 1.54) is 10.5 Å². The average molecular weight is 381 g/mol. The third-order valence-electron chi connectivity index (χ3n) is 4.66. The summed E-state index contributed by atoms with van der Waals surface area (Å²) < 4.78 is 18.5. The molecule has 1 N–H and O–H groups in total. The minimum Gasteiger partial charge on any atom is -0.480 e. The van der Waals surface area contributed by atoms with E-state index in [2.05, 4.69) is 12.1 Å². The van der Waals surface area contributed by atoms with Gasteiger partial charge in [-0.2, -0.15) is 0 Å². The highest BCUT2D eigenvalue weighted by atomic mass is 31.2. The first-order valence-corrected chi connectivity index (χ1v) is 11.2. The van der Waals surface area contributed by atoms with Crippen LogP contribution < -0.4 is 0 Å². The fraction of sp³-hybridized carbons (Fsp3) is 0.579. The van der Waals surface area contributed by atoms with Crippen LogP contribution in [0.1, 0.15) is 38.2 Å². The number of carboxylic acids is 1. The number of likely N-dealkylation sites (tertiary alicyclic amines) is 1. The zero-order valence-corrected chi connectivity index (χ0v) is 16.2. The van der Waals surface area contributed by atoms with Gasteiger partial charge >= 0.3 is 5.97 Å². The third-order valence-corrected chi connectivity index (χ3v) is 7.13. The zero-order chi connectivity index (χ0) is 19.0. The largest absolute Gasteiger partial charge is 0.480 e. The van der Waals surface area contributed by atoms with Gasteiger partial charge in [-0.15, -0.1) is 0 Å². The second-order valence-electron chi connectivity index (χ2n) is 6.64. The second-order valence-corrected chi connectivity index (χ2v) is 9.29. The van der Waals surface area contributed by atoms with Crippen LogP contribution in [0.15, 0.2) is 30.3 Å². The third kappa shape index (κ3) is 5.96. The minimum atomic E-state index is -3.09. The number of hydrogen-bond acceptors (Lipinski definition) is 4. The Morgan fingerprint density at radius 1 is 1.27 bits per heavy atom. The van der Waals surface area contributed by atoms with Crippen LogP contribution in [-0.2, 0) is 25.1 Å². The molecule has 1 unspecified atom stereocenters. The van der Waals surface area contributed by atoms with Crippen molar-refractivity contribution in [3.05, 3.63) is 35.9 Å². The van der Waals surface area contributed by atoms with Crippen LogP contribution in [0.5, 0.6) is 0 Å². The van der Waals surface area contributed by atoms with E-state index in [0.29, 0.717) is 32.0 Å². The van der Waals surface area contributed by atoms with Crippen LogP contribution in [0.3, 0.4) is 0 Å². The van der Waals surface area contributed by atoms with Crippen LogP contribution in [-0.4, -0.2) is 53.4 Å². The van der Waals surface area contributed by atoms with Crippen LogP contribution in [0, 0.1) is 0 Å². The SMILES string of the molecule is CCOP(=O)(CCCCc1ccccc1)CC(=O)N1CCC[C@H]1C(=O)O. The number of carbonyl (C=O) groups is 2. The first-order chi connectivity index (χ1) is 12.4. The summed E-state index contributed by atoms with van der Waals surface area (Å²) in [7, 11) is -3.09. The molecule has 1 aromatic carbocycles. The van der Waals surface area contributed by atoms with Crippen molar-refractivity contribution >= 4 is 19.2 Å². The van der Waals surface area contributed by atoms with Gasteiger partial charge in [0.15, 0.2) is 0 Å². The lowest BCUT2D eigenvalue weighted by Crippen LogP contribution is -2.42. The van der Waals surface area contributed by atoms with Gasteiger partial charge in [-0.3, -0.25) is 9.36 Å². The summed E-state index contributed by atoms with van der Waals surface area (Å²) in [6.45, 7) is 2.46. The van der Waals surface area contributed by atoms with Gasteiger partial charge in [0.2, 0.25) is 13.3 Å². The topological polar surface area (TPSA) is 83.9 Å². The number of benzene rings is 1. The molecule has 1 fully saturated rings. The van der Waals surface area contributed by atoms with Gasteiger partial charge in [0.1, 0.15) is 12.2 Å². The van der Waals surface area contributed by atoms with E-state index in [-0.39, 0.29) is 18.7 Å². The second kappa shape index (κ2) is 9.89. The van der Waals surface area contributed by atoms with Gasteiger partial charge in [0.05, 0.1) is 6.61 Å².